The van der Waals surface area contributed by atoms with Crippen molar-refractivity contribution in [1.29, 1.82) is 5.26 Å². The number of hydrogen-bond acceptors (Lipinski definition) is 5. The van der Waals surface area contributed by atoms with Crippen molar-refractivity contribution in [3.63, 3.8) is 0 Å². The second kappa shape index (κ2) is 10.6. The molecule has 1 saturated carbocycles. The first-order valence-electron chi connectivity index (χ1n) is 12.5. The zero-order valence-electron chi connectivity index (χ0n) is 21.3. The molecule has 3 heterocycles. The number of alkyl halides is 5. The molecule has 212 valence electrons. The molecule has 4 aliphatic rings. The zero-order chi connectivity index (χ0) is 28.6. The molecule has 4 fully saturated rings. The van der Waals surface area contributed by atoms with Gasteiger partial charge in [-0.05, 0) is 37.5 Å². The molecule has 0 radical (unpaired) electrons. The third-order valence-electron chi connectivity index (χ3n) is 7.50. The minimum Gasteiger partial charge on any atom is -0.356 e. The van der Waals surface area contributed by atoms with Crippen molar-refractivity contribution in [2.45, 2.75) is 95.6 Å². The van der Waals surface area contributed by atoms with Gasteiger partial charge >= 0.3 is 12.1 Å². The van der Waals surface area contributed by atoms with Crippen molar-refractivity contribution in [3.05, 3.63) is 0 Å². The minimum absolute atomic E-state index is 0.0640. The van der Waals surface area contributed by atoms with Gasteiger partial charge in [-0.3, -0.25) is 19.2 Å². The Hall–Kier alpha value is -2.98. The number of nitrogens with one attached hydrogen (secondary N) is 3. The van der Waals surface area contributed by atoms with Crippen LogP contribution in [0.2, 0.25) is 0 Å². The molecule has 38 heavy (non-hydrogen) atoms. The van der Waals surface area contributed by atoms with Crippen molar-refractivity contribution >= 4 is 23.6 Å². The second-order valence-electron chi connectivity index (χ2n) is 11.3. The van der Waals surface area contributed by atoms with E-state index in [0.717, 1.165) is 4.90 Å². The van der Waals surface area contributed by atoms with Crippen LogP contribution < -0.4 is 16.0 Å². The summed E-state index contributed by atoms with van der Waals surface area (Å²) in [6, 6.07) is -4.06. The topological polar surface area (TPSA) is 131 Å². The van der Waals surface area contributed by atoms with E-state index in [9.17, 15) is 46.4 Å². The molecule has 0 aromatic heterocycles. The molecule has 0 spiro atoms. The number of rotatable bonds is 6. The van der Waals surface area contributed by atoms with Gasteiger partial charge in [-0.25, -0.2) is 8.78 Å². The van der Waals surface area contributed by atoms with Gasteiger partial charge in [0.1, 0.15) is 18.1 Å². The first kappa shape index (κ1) is 29.6. The highest BCUT2D eigenvalue weighted by Crippen LogP contribution is 2.49. The van der Waals surface area contributed by atoms with E-state index >= 15 is 0 Å². The quantitative estimate of drug-likeness (QED) is 0.437. The van der Waals surface area contributed by atoms with Gasteiger partial charge in [-0.15, -0.1) is 0 Å². The van der Waals surface area contributed by atoms with Crippen LogP contribution in [0.15, 0.2) is 0 Å². The molecule has 9 nitrogen and oxygen atoms in total. The predicted molar refractivity (Wildman–Crippen MR) is 122 cm³/mol. The highest BCUT2D eigenvalue weighted by atomic mass is 19.4. The maximum Gasteiger partial charge on any atom is 0.471 e. The zero-order valence-corrected chi connectivity index (χ0v) is 21.3. The Kier molecular flexibility index (Phi) is 8.29. The Labute approximate surface area is 216 Å². The SMILES string of the molecule is CC(C)(C)[C@@H](NC(=O)C(F)(F)F)C(=O)N1[C@H]2CC[C@@H]([C@@H]1C(=O)N[C@@H](C#N)C[C@@H]1CCCNC1=O)C(F)(F)C2. The van der Waals surface area contributed by atoms with E-state index in [-0.39, 0.29) is 25.2 Å². The fourth-order valence-corrected chi connectivity index (χ4v) is 5.58. The third kappa shape index (κ3) is 6.18. The van der Waals surface area contributed by atoms with Crippen LogP contribution in [0, 0.1) is 28.6 Å². The number of hydrogen-bond donors (Lipinski definition) is 3. The summed E-state index contributed by atoms with van der Waals surface area (Å²) in [4.78, 5) is 51.7. The van der Waals surface area contributed by atoms with E-state index in [1.54, 1.807) is 5.32 Å². The molecular weight excluding hydrogens is 517 g/mol. The van der Waals surface area contributed by atoms with Gasteiger partial charge in [-0.2, -0.15) is 18.4 Å². The summed E-state index contributed by atoms with van der Waals surface area (Å²) in [5.74, 6) is -10.3. The van der Waals surface area contributed by atoms with E-state index in [1.165, 1.54) is 20.8 Å². The molecule has 14 heteroatoms. The van der Waals surface area contributed by atoms with Gasteiger partial charge in [-0.1, -0.05) is 20.8 Å². The summed E-state index contributed by atoms with van der Waals surface area (Å²) in [5, 5.41) is 16.3. The summed E-state index contributed by atoms with van der Waals surface area (Å²) in [6.07, 6.45) is -5.00. The Morgan fingerprint density at radius 3 is 2.34 bits per heavy atom. The molecule has 2 bridgehead atoms. The van der Waals surface area contributed by atoms with Gasteiger partial charge in [0.05, 0.1) is 12.0 Å². The maximum atomic E-state index is 14.9. The number of amides is 4. The normalized spacial score (nSPS) is 28.5. The molecule has 3 aliphatic heterocycles. The maximum absolute atomic E-state index is 14.9. The number of nitriles is 1. The highest BCUT2D eigenvalue weighted by molar-refractivity contribution is 5.94. The summed E-state index contributed by atoms with van der Waals surface area (Å²) in [6.45, 7) is 4.69. The second-order valence-corrected chi connectivity index (χ2v) is 11.3. The molecule has 1 aliphatic carbocycles. The molecule has 3 saturated heterocycles. The molecule has 0 aromatic carbocycles. The van der Waals surface area contributed by atoms with Crippen molar-refractivity contribution in [2.75, 3.05) is 6.54 Å². The molecular formula is C24H32F5N5O4. The van der Waals surface area contributed by atoms with Crippen molar-refractivity contribution < 1.29 is 41.1 Å². The fraction of sp³-hybridized carbons (Fsp3) is 0.792. The molecule has 4 amide bonds. The van der Waals surface area contributed by atoms with E-state index < -0.39 is 77.7 Å². The highest BCUT2D eigenvalue weighted by Gasteiger charge is 2.61. The lowest BCUT2D eigenvalue weighted by Crippen LogP contribution is -2.71. The molecule has 0 aromatic rings. The Morgan fingerprint density at radius 1 is 1.16 bits per heavy atom. The van der Waals surface area contributed by atoms with Crippen molar-refractivity contribution in [1.82, 2.24) is 20.9 Å². The smallest absolute Gasteiger partial charge is 0.356 e. The lowest BCUT2D eigenvalue weighted by Gasteiger charge is -2.55. The monoisotopic (exact) mass is 549 g/mol. The Morgan fingerprint density at radius 2 is 1.82 bits per heavy atom. The number of piperidine rings is 3. The average molecular weight is 550 g/mol. The summed E-state index contributed by atoms with van der Waals surface area (Å²) < 4.78 is 68.9. The van der Waals surface area contributed by atoms with Gasteiger partial charge in [0.25, 0.3) is 5.92 Å². The lowest BCUT2D eigenvalue weighted by atomic mass is 9.70. The van der Waals surface area contributed by atoms with Crippen LogP contribution >= 0.6 is 0 Å². The number of carbonyl (C=O) groups is 4. The molecule has 3 N–H and O–H groups in total. The first-order valence-corrected chi connectivity index (χ1v) is 12.5. The number of fused-ring (bicyclic) bond motifs is 3. The van der Waals surface area contributed by atoms with Gasteiger partial charge in [0, 0.05) is 24.9 Å². The fourth-order valence-electron chi connectivity index (χ4n) is 5.58. The van der Waals surface area contributed by atoms with Gasteiger partial charge in [0.2, 0.25) is 17.7 Å². The predicted octanol–water partition coefficient (Wildman–Crippen LogP) is 2.02. The van der Waals surface area contributed by atoms with E-state index in [2.05, 4.69) is 10.6 Å². The van der Waals surface area contributed by atoms with Crippen molar-refractivity contribution in [2.24, 2.45) is 17.3 Å². The number of halogens is 5. The van der Waals surface area contributed by atoms with Crippen LogP contribution in [0.4, 0.5) is 22.0 Å². The summed E-state index contributed by atoms with van der Waals surface area (Å²) >= 11 is 0. The van der Waals surface area contributed by atoms with Crippen LogP contribution in [-0.2, 0) is 19.2 Å². The van der Waals surface area contributed by atoms with Crippen LogP contribution in [0.25, 0.3) is 0 Å². The minimum atomic E-state index is -5.29. The first-order chi connectivity index (χ1) is 17.5. The molecule has 4 rings (SSSR count). The largest absolute Gasteiger partial charge is 0.471 e. The Balaban J connectivity index is 1.90. The number of nitrogens with zero attached hydrogens (tertiary/aromatic N) is 2. The van der Waals surface area contributed by atoms with E-state index in [0.29, 0.717) is 19.4 Å². The molecule has 6 atom stereocenters. The van der Waals surface area contributed by atoms with Crippen LogP contribution in [0.3, 0.4) is 0 Å². The lowest BCUT2D eigenvalue weighted by molar-refractivity contribution is -0.197. The Bertz CT molecular complexity index is 1010. The number of carbonyl (C=O) groups excluding carboxylic acids is 4. The van der Waals surface area contributed by atoms with Crippen molar-refractivity contribution in [3.8, 4) is 6.07 Å². The average Bonchev–Trinajstić information content (AvgIpc) is 2.80. The molecule has 0 unspecified atom stereocenters. The van der Waals surface area contributed by atoms with Gasteiger partial charge in [0.15, 0.2) is 0 Å². The standard InChI is InChI=1S/C24H32F5N5O4/c1-22(2,3)17(33-21(38)24(27,28)29)20(37)34-14-6-7-15(23(25,26)10-14)16(34)19(36)32-13(11-30)9-12-5-4-8-31-18(12)35/h12-17H,4-10H2,1-3H3,(H,31,35)(H,32,36)(H,33,38)/t12-,13+,14-,15-,16+,17-/m0/s1. The van der Waals surface area contributed by atoms with Crippen LogP contribution in [0.1, 0.15) is 59.3 Å². The van der Waals surface area contributed by atoms with Gasteiger partial charge < -0.3 is 20.9 Å². The van der Waals surface area contributed by atoms with Crippen LogP contribution in [-0.4, -0.2) is 71.3 Å². The summed E-state index contributed by atoms with van der Waals surface area (Å²) in [7, 11) is 0. The van der Waals surface area contributed by atoms with E-state index in [4.69, 9.17) is 0 Å². The van der Waals surface area contributed by atoms with E-state index in [1.807, 2.05) is 6.07 Å². The third-order valence-corrected chi connectivity index (χ3v) is 7.50. The summed E-state index contributed by atoms with van der Waals surface area (Å²) in [5.41, 5.74) is -1.26. The van der Waals surface area contributed by atoms with Crippen LogP contribution in [0.5, 0.6) is 0 Å².